The molecule has 2 aromatic carbocycles. The number of benzene rings is 2. The van der Waals surface area contributed by atoms with Crippen molar-refractivity contribution in [3.8, 4) is 0 Å². The third kappa shape index (κ3) is 4.30. The molecule has 0 spiro atoms. The van der Waals surface area contributed by atoms with Crippen molar-refractivity contribution in [3.63, 3.8) is 0 Å². The summed E-state index contributed by atoms with van der Waals surface area (Å²) in [5, 5.41) is 11.2. The van der Waals surface area contributed by atoms with Crippen molar-refractivity contribution in [2.24, 2.45) is 5.92 Å². The Morgan fingerprint density at radius 3 is 2.41 bits per heavy atom. The Morgan fingerprint density at radius 2 is 1.81 bits per heavy atom. The molecule has 2 unspecified atom stereocenters. The lowest BCUT2D eigenvalue weighted by atomic mass is 9.89. The van der Waals surface area contributed by atoms with Gasteiger partial charge in [-0.1, -0.05) is 61.3 Å². The van der Waals surface area contributed by atoms with E-state index in [1.165, 1.54) is 0 Å². The number of nitrogens with zero attached hydrogens (tertiary/aromatic N) is 1. The average molecular weight is 408 g/mol. The Hall–Kier alpha value is -1.59. The number of carbonyl (C=O) groups is 1. The molecule has 4 nitrogen and oxygen atoms in total. The summed E-state index contributed by atoms with van der Waals surface area (Å²) in [6.07, 6.45) is -0.393. The van der Waals surface area contributed by atoms with Crippen LogP contribution >= 0.6 is 23.2 Å². The summed E-state index contributed by atoms with van der Waals surface area (Å²) in [6, 6.07) is 14.2. The molecular formula is C21H23Cl2NO3. The lowest BCUT2D eigenvalue weighted by Gasteiger charge is -2.46. The number of rotatable bonds is 5. The highest BCUT2D eigenvalue weighted by Crippen LogP contribution is 2.42. The molecule has 0 radical (unpaired) electrons. The van der Waals surface area contributed by atoms with Gasteiger partial charge in [-0.15, -0.1) is 0 Å². The van der Waals surface area contributed by atoms with E-state index < -0.39 is 6.10 Å². The normalized spacial score (nSPS) is 21.6. The van der Waals surface area contributed by atoms with Crippen molar-refractivity contribution >= 4 is 29.1 Å². The molecule has 0 aromatic heterocycles. The molecule has 0 saturated carbocycles. The standard InChI is InChI=1S/C21H23Cl2NO3/c1-13(2)18(11-25)24-19(26)12-27-21(15-4-3-5-17(23)10-15)20(24)14-6-8-16(22)9-7-14/h3-10,13,18,20-21,25H,11-12H2,1-2H3/t18-,20?,21?/m0/s1. The van der Waals surface area contributed by atoms with Gasteiger partial charge in [-0.3, -0.25) is 4.79 Å². The minimum Gasteiger partial charge on any atom is -0.394 e. The SMILES string of the molecule is CC(C)[C@H](CO)N1C(=O)COC(c2cccc(Cl)c2)C1c1ccc(Cl)cc1. The maximum atomic E-state index is 12.8. The van der Waals surface area contributed by atoms with E-state index in [2.05, 4.69) is 0 Å². The molecule has 2 aromatic rings. The van der Waals surface area contributed by atoms with Crippen molar-refractivity contribution in [1.82, 2.24) is 4.90 Å². The third-order valence-corrected chi connectivity index (χ3v) is 5.45. The molecule has 1 aliphatic rings. The van der Waals surface area contributed by atoms with Gasteiger partial charge in [0.1, 0.15) is 12.7 Å². The van der Waals surface area contributed by atoms with E-state index in [1.54, 1.807) is 23.1 Å². The summed E-state index contributed by atoms with van der Waals surface area (Å²) in [5.74, 6) is -0.0483. The monoisotopic (exact) mass is 407 g/mol. The highest BCUT2D eigenvalue weighted by atomic mass is 35.5. The zero-order chi connectivity index (χ0) is 19.6. The molecule has 1 saturated heterocycles. The predicted octanol–water partition coefficient (Wildman–Crippen LogP) is 4.65. The van der Waals surface area contributed by atoms with Crippen LogP contribution < -0.4 is 0 Å². The summed E-state index contributed by atoms with van der Waals surface area (Å²) < 4.78 is 5.97. The first-order valence-corrected chi connectivity index (χ1v) is 9.72. The molecule has 0 aliphatic carbocycles. The average Bonchev–Trinajstić information content (AvgIpc) is 2.64. The van der Waals surface area contributed by atoms with E-state index in [0.717, 1.165) is 11.1 Å². The summed E-state index contributed by atoms with van der Waals surface area (Å²) in [7, 11) is 0. The van der Waals surface area contributed by atoms with E-state index in [1.807, 2.05) is 44.2 Å². The van der Waals surface area contributed by atoms with Crippen LogP contribution in [-0.4, -0.2) is 35.2 Å². The number of carbonyl (C=O) groups excluding carboxylic acids is 1. The number of hydrogen-bond acceptors (Lipinski definition) is 3. The van der Waals surface area contributed by atoms with Crippen molar-refractivity contribution < 1.29 is 14.6 Å². The van der Waals surface area contributed by atoms with E-state index >= 15 is 0 Å². The van der Waals surface area contributed by atoms with Gasteiger partial charge in [0.05, 0.1) is 18.7 Å². The quantitative estimate of drug-likeness (QED) is 0.784. The Kier molecular flexibility index (Phi) is 6.43. The fraction of sp³-hybridized carbons (Fsp3) is 0.381. The molecule has 27 heavy (non-hydrogen) atoms. The molecule has 1 N–H and O–H groups in total. The summed E-state index contributed by atoms with van der Waals surface area (Å²) >= 11 is 12.3. The van der Waals surface area contributed by atoms with Crippen molar-refractivity contribution in [2.75, 3.05) is 13.2 Å². The first-order valence-electron chi connectivity index (χ1n) is 8.97. The van der Waals surface area contributed by atoms with Crippen LogP contribution in [0.4, 0.5) is 0 Å². The van der Waals surface area contributed by atoms with Crippen molar-refractivity contribution in [1.29, 1.82) is 0 Å². The van der Waals surface area contributed by atoms with Gasteiger partial charge in [0.2, 0.25) is 5.91 Å². The highest BCUT2D eigenvalue weighted by molar-refractivity contribution is 6.30. The lowest BCUT2D eigenvalue weighted by molar-refractivity contribution is -0.166. The minimum atomic E-state index is -0.393. The molecule has 1 heterocycles. The van der Waals surface area contributed by atoms with Gasteiger partial charge in [-0.25, -0.2) is 0 Å². The lowest BCUT2D eigenvalue weighted by Crippen LogP contribution is -2.53. The van der Waals surface area contributed by atoms with Crippen molar-refractivity contribution in [3.05, 3.63) is 69.7 Å². The van der Waals surface area contributed by atoms with Crippen LogP contribution in [0.5, 0.6) is 0 Å². The molecule has 1 aliphatic heterocycles. The largest absolute Gasteiger partial charge is 0.394 e. The summed E-state index contributed by atoms with van der Waals surface area (Å²) in [4.78, 5) is 14.6. The number of amides is 1. The second kappa shape index (κ2) is 8.61. The fourth-order valence-corrected chi connectivity index (χ4v) is 3.92. The van der Waals surface area contributed by atoms with Crippen LogP contribution in [0.2, 0.25) is 10.0 Å². The smallest absolute Gasteiger partial charge is 0.249 e. The molecule has 3 atom stereocenters. The van der Waals surface area contributed by atoms with Crippen LogP contribution in [0.3, 0.4) is 0 Å². The second-order valence-corrected chi connectivity index (χ2v) is 7.95. The molecule has 0 bridgehead atoms. The molecular weight excluding hydrogens is 385 g/mol. The number of aliphatic hydroxyl groups is 1. The summed E-state index contributed by atoms with van der Waals surface area (Å²) in [6.45, 7) is 3.84. The van der Waals surface area contributed by atoms with E-state index in [9.17, 15) is 9.90 Å². The third-order valence-electron chi connectivity index (χ3n) is 4.96. The topological polar surface area (TPSA) is 49.8 Å². The zero-order valence-corrected chi connectivity index (χ0v) is 16.8. The molecule has 1 amide bonds. The van der Waals surface area contributed by atoms with E-state index in [0.29, 0.717) is 10.0 Å². The van der Waals surface area contributed by atoms with E-state index in [4.69, 9.17) is 27.9 Å². The number of ether oxygens (including phenoxy) is 1. The number of morpholine rings is 1. The number of halogens is 2. The predicted molar refractivity (Wildman–Crippen MR) is 107 cm³/mol. The molecule has 1 fully saturated rings. The van der Waals surface area contributed by atoms with Crippen molar-refractivity contribution in [2.45, 2.75) is 32.0 Å². The number of aliphatic hydroxyl groups excluding tert-OH is 1. The van der Waals surface area contributed by atoms with Gasteiger partial charge >= 0.3 is 0 Å². The minimum absolute atomic E-state index is 0.0372. The zero-order valence-electron chi connectivity index (χ0n) is 15.3. The van der Waals surface area contributed by atoms with Gasteiger partial charge in [0.25, 0.3) is 0 Å². The fourth-order valence-electron chi connectivity index (χ4n) is 3.60. The summed E-state index contributed by atoms with van der Waals surface area (Å²) in [5.41, 5.74) is 1.79. The molecule has 3 rings (SSSR count). The second-order valence-electron chi connectivity index (χ2n) is 7.08. The maximum Gasteiger partial charge on any atom is 0.249 e. The van der Waals surface area contributed by atoms with Crippen LogP contribution in [0.25, 0.3) is 0 Å². The Morgan fingerprint density at radius 1 is 1.11 bits per heavy atom. The van der Waals surface area contributed by atoms with Gasteiger partial charge in [-0.05, 0) is 41.3 Å². The first kappa shape index (κ1) is 20.2. The van der Waals surface area contributed by atoms with Crippen LogP contribution in [0.1, 0.15) is 37.1 Å². The van der Waals surface area contributed by atoms with Crippen LogP contribution in [-0.2, 0) is 9.53 Å². The first-order chi connectivity index (χ1) is 12.9. The highest BCUT2D eigenvalue weighted by Gasteiger charge is 2.42. The Labute approximate surface area is 169 Å². The van der Waals surface area contributed by atoms with E-state index in [-0.39, 0.29) is 37.1 Å². The van der Waals surface area contributed by atoms with Gasteiger partial charge in [-0.2, -0.15) is 0 Å². The maximum absolute atomic E-state index is 12.8. The Balaban J connectivity index is 2.11. The molecule has 144 valence electrons. The molecule has 6 heteroatoms. The van der Waals surface area contributed by atoms with Crippen LogP contribution in [0, 0.1) is 5.92 Å². The number of hydrogen-bond donors (Lipinski definition) is 1. The van der Waals surface area contributed by atoms with Gasteiger partial charge in [0, 0.05) is 10.0 Å². The van der Waals surface area contributed by atoms with Gasteiger partial charge < -0.3 is 14.7 Å². The van der Waals surface area contributed by atoms with Crippen LogP contribution in [0.15, 0.2) is 48.5 Å². The van der Waals surface area contributed by atoms with Gasteiger partial charge in [0.15, 0.2) is 0 Å². The Bertz CT molecular complexity index is 794.